The molecule has 0 spiro atoms. The summed E-state index contributed by atoms with van der Waals surface area (Å²) in [6, 6.07) is 5.71. The summed E-state index contributed by atoms with van der Waals surface area (Å²) in [4.78, 5) is 1.29. The zero-order chi connectivity index (χ0) is 13.0. The summed E-state index contributed by atoms with van der Waals surface area (Å²) in [6.07, 6.45) is 1.01. The summed E-state index contributed by atoms with van der Waals surface area (Å²) >= 11 is 1.70. The molecule has 96 valence electrons. The van der Waals surface area contributed by atoms with Crippen LogP contribution in [-0.4, -0.2) is 0 Å². The molecule has 1 aromatic heterocycles. The molecular weight excluding hydrogens is 252 g/mol. The first-order chi connectivity index (χ1) is 8.69. The van der Waals surface area contributed by atoms with Crippen LogP contribution >= 0.6 is 11.3 Å². The van der Waals surface area contributed by atoms with Crippen molar-refractivity contribution in [3.05, 3.63) is 57.3 Å². The van der Waals surface area contributed by atoms with Crippen molar-refractivity contribution in [1.82, 2.24) is 5.32 Å². The van der Waals surface area contributed by atoms with Gasteiger partial charge in [-0.15, -0.1) is 11.3 Å². The first-order valence-corrected chi connectivity index (χ1v) is 6.78. The van der Waals surface area contributed by atoms with Crippen molar-refractivity contribution in [3.8, 4) is 0 Å². The lowest BCUT2D eigenvalue weighted by molar-refractivity contribution is 0.575. The fourth-order valence-electron chi connectivity index (χ4n) is 1.87. The van der Waals surface area contributed by atoms with Gasteiger partial charge in [0.25, 0.3) is 0 Å². The van der Waals surface area contributed by atoms with E-state index in [0.29, 0.717) is 12.1 Å². The molecule has 0 aliphatic heterocycles. The van der Waals surface area contributed by atoms with E-state index < -0.39 is 11.6 Å². The Bertz CT molecular complexity index is 502. The third kappa shape index (κ3) is 3.37. The average molecular weight is 267 g/mol. The predicted octanol–water partition coefficient (Wildman–Crippen LogP) is 3.88. The average Bonchev–Trinajstić information content (AvgIpc) is 2.75. The normalized spacial score (nSPS) is 10.8. The van der Waals surface area contributed by atoms with Crippen LogP contribution in [0.2, 0.25) is 0 Å². The summed E-state index contributed by atoms with van der Waals surface area (Å²) in [5.41, 5.74) is 1.96. The Labute approximate surface area is 109 Å². The Balaban J connectivity index is 1.92. The topological polar surface area (TPSA) is 12.0 Å². The minimum atomic E-state index is -0.530. The van der Waals surface area contributed by atoms with E-state index in [9.17, 15) is 8.78 Å². The number of hydrogen-bond acceptors (Lipinski definition) is 2. The lowest BCUT2D eigenvalue weighted by Crippen LogP contribution is -2.13. The van der Waals surface area contributed by atoms with Gasteiger partial charge in [-0.25, -0.2) is 8.78 Å². The van der Waals surface area contributed by atoms with Gasteiger partial charge in [0.2, 0.25) is 0 Å². The number of thiophene rings is 1. The van der Waals surface area contributed by atoms with E-state index in [2.05, 4.69) is 23.7 Å². The zero-order valence-electron chi connectivity index (χ0n) is 10.2. The zero-order valence-corrected chi connectivity index (χ0v) is 11.0. The van der Waals surface area contributed by atoms with Gasteiger partial charge >= 0.3 is 0 Å². The van der Waals surface area contributed by atoms with Crippen molar-refractivity contribution in [3.63, 3.8) is 0 Å². The molecule has 1 N–H and O–H groups in total. The molecule has 2 rings (SSSR count). The Morgan fingerprint density at radius 2 is 1.83 bits per heavy atom. The number of aryl methyl sites for hydroxylation is 1. The van der Waals surface area contributed by atoms with Gasteiger partial charge in [0.1, 0.15) is 11.6 Å². The Morgan fingerprint density at radius 3 is 2.50 bits per heavy atom. The van der Waals surface area contributed by atoms with Crippen molar-refractivity contribution in [2.75, 3.05) is 0 Å². The van der Waals surface area contributed by atoms with Crippen molar-refractivity contribution in [1.29, 1.82) is 0 Å². The van der Waals surface area contributed by atoms with E-state index in [1.165, 1.54) is 22.6 Å². The summed E-state index contributed by atoms with van der Waals surface area (Å²) < 4.78 is 26.0. The highest BCUT2D eigenvalue weighted by Gasteiger charge is 2.03. The minimum Gasteiger partial charge on any atom is -0.308 e. The molecule has 0 fully saturated rings. The predicted molar refractivity (Wildman–Crippen MR) is 70.6 cm³/mol. The maximum absolute atomic E-state index is 13.0. The van der Waals surface area contributed by atoms with Crippen molar-refractivity contribution in [2.24, 2.45) is 0 Å². The maximum Gasteiger partial charge on any atom is 0.126 e. The monoisotopic (exact) mass is 267 g/mol. The molecule has 0 atom stereocenters. The van der Waals surface area contributed by atoms with Gasteiger partial charge in [0.05, 0.1) is 0 Å². The molecule has 0 radical (unpaired) electrons. The third-order valence-electron chi connectivity index (χ3n) is 2.76. The largest absolute Gasteiger partial charge is 0.308 e. The van der Waals surface area contributed by atoms with Crippen molar-refractivity contribution >= 4 is 11.3 Å². The van der Waals surface area contributed by atoms with E-state index in [1.807, 2.05) is 0 Å². The van der Waals surface area contributed by atoms with Crippen LogP contribution in [0, 0.1) is 11.6 Å². The Kier molecular flexibility index (Phi) is 4.44. The van der Waals surface area contributed by atoms with Crippen LogP contribution in [-0.2, 0) is 19.5 Å². The van der Waals surface area contributed by atoms with Crippen LogP contribution in [0.4, 0.5) is 8.78 Å². The molecule has 1 heterocycles. The molecule has 0 aliphatic rings. The highest BCUT2D eigenvalue weighted by atomic mass is 32.1. The van der Waals surface area contributed by atoms with Crippen molar-refractivity contribution in [2.45, 2.75) is 26.4 Å². The second-order valence-corrected chi connectivity index (χ2v) is 5.10. The molecule has 0 amide bonds. The molecule has 0 aliphatic carbocycles. The number of rotatable bonds is 5. The SMILES string of the molecule is CCc1ccsc1CNCc1cc(F)cc(F)c1. The minimum absolute atomic E-state index is 0.468. The quantitative estimate of drug-likeness (QED) is 0.867. The molecule has 0 unspecified atom stereocenters. The van der Waals surface area contributed by atoms with E-state index in [4.69, 9.17) is 0 Å². The summed E-state index contributed by atoms with van der Waals surface area (Å²) in [5.74, 6) is -1.06. The van der Waals surface area contributed by atoms with Crippen LogP contribution in [0.1, 0.15) is 22.9 Å². The van der Waals surface area contributed by atoms with E-state index in [0.717, 1.165) is 19.0 Å². The molecular formula is C14H15F2NS. The highest BCUT2D eigenvalue weighted by molar-refractivity contribution is 7.10. The summed E-state index contributed by atoms with van der Waals surface area (Å²) in [6.45, 7) is 3.32. The van der Waals surface area contributed by atoms with Gasteiger partial charge in [-0.3, -0.25) is 0 Å². The van der Waals surface area contributed by atoms with Crippen LogP contribution in [0.25, 0.3) is 0 Å². The third-order valence-corrected chi connectivity index (χ3v) is 3.72. The van der Waals surface area contributed by atoms with Gasteiger partial charge in [0, 0.05) is 24.0 Å². The Hall–Kier alpha value is -1.26. The van der Waals surface area contributed by atoms with Gasteiger partial charge in [-0.05, 0) is 41.1 Å². The van der Waals surface area contributed by atoms with Gasteiger partial charge in [-0.2, -0.15) is 0 Å². The Morgan fingerprint density at radius 1 is 1.11 bits per heavy atom. The van der Waals surface area contributed by atoms with Crippen LogP contribution in [0.5, 0.6) is 0 Å². The standard InChI is InChI=1S/C14H15F2NS/c1-2-11-3-4-18-14(11)9-17-8-10-5-12(15)7-13(16)6-10/h3-7,17H,2,8-9H2,1H3. The second-order valence-electron chi connectivity index (χ2n) is 4.10. The second kappa shape index (κ2) is 6.07. The fraction of sp³-hybridized carbons (Fsp3) is 0.286. The summed E-state index contributed by atoms with van der Waals surface area (Å²) in [7, 11) is 0. The first-order valence-electron chi connectivity index (χ1n) is 5.90. The number of halogens is 2. The molecule has 0 bridgehead atoms. The van der Waals surface area contributed by atoms with Gasteiger partial charge in [-0.1, -0.05) is 6.92 Å². The van der Waals surface area contributed by atoms with Crippen LogP contribution in [0.15, 0.2) is 29.6 Å². The molecule has 1 aromatic carbocycles. The number of hydrogen-bond donors (Lipinski definition) is 1. The first kappa shape index (κ1) is 13.2. The van der Waals surface area contributed by atoms with Crippen molar-refractivity contribution < 1.29 is 8.78 Å². The van der Waals surface area contributed by atoms with Gasteiger partial charge < -0.3 is 5.32 Å². The lowest BCUT2D eigenvalue weighted by Gasteiger charge is -2.06. The van der Waals surface area contributed by atoms with E-state index in [-0.39, 0.29) is 0 Å². The number of benzene rings is 1. The van der Waals surface area contributed by atoms with Gasteiger partial charge in [0.15, 0.2) is 0 Å². The maximum atomic E-state index is 13.0. The van der Waals surface area contributed by atoms with E-state index in [1.54, 1.807) is 11.3 Å². The lowest BCUT2D eigenvalue weighted by atomic mass is 10.2. The summed E-state index contributed by atoms with van der Waals surface area (Å²) in [5, 5.41) is 5.28. The van der Waals surface area contributed by atoms with Crippen LogP contribution in [0.3, 0.4) is 0 Å². The molecule has 0 saturated heterocycles. The number of nitrogens with one attached hydrogen (secondary N) is 1. The molecule has 4 heteroatoms. The molecule has 0 saturated carbocycles. The van der Waals surface area contributed by atoms with E-state index >= 15 is 0 Å². The fourth-order valence-corrected chi connectivity index (χ4v) is 2.82. The smallest absolute Gasteiger partial charge is 0.126 e. The molecule has 18 heavy (non-hydrogen) atoms. The molecule has 1 nitrogen and oxygen atoms in total. The highest BCUT2D eigenvalue weighted by Crippen LogP contribution is 2.17. The molecule has 2 aromatic rings. The van der Waals surface area contributed by atoms with Crippen LogP contribution < -0.4 is 5.32 Å².